The summed E-state index contributed by atoms with van der Waals surface area (Å²) in [5.41, 5.74) is 1.17. The Morgan fingerprint density at radius 2 is 1.69 bits per heavy atom. The van der Waals surface area contributed by atoms with E-state index in [2.05, 4.69) is 5.32 Å². The van der Waals surface area contributed by atoms with Crippen LogP contribution in [0.3, 0.4) is 0 Å². The highest BCUT2D eigenvalue weighted by Gasteiger charge is 2.35. The summed E-state index contributed by atoms with van der Waals surface area (Å²) < 4.78 is 11.2. The maximum absolute atomic E-state index is 12.6. The van der Waals surface area contributed by atoms with E-state index >= 15 is 0 Å². The molecule has 0 radical (unpaired) electrons. The fourth-order valence-corrected chi connectivity index (χ4v) is 6.97. The van der Waals surface area contributed by atoms with Crippen LogP contribution in [-0.4, -0.2) is 51.8 Å². The van der Waals surface area contributed by atoms with Crippen molar-refractivity contribution in [3.8, 4) is 11.5 Å². The zero-order valence-electron chi connectivity index (χ0n) is 25.1. The molecule has 1 saturated carbocycles. The van der Waals surface area contributed by atoms with Gasteiger partial charge in [-0.05, 0) is 73.9 Å². The molecule has 0 saturated heterocycles. The van der Waals surface area contributed by atoms with E-state index in [0.29, 0.717) is 52.8 Å². The molecule has 0 heterocycles. The molecule has 0 bridgehead atoms. The van der Waals surface area contributed by atoms with Crippen molar-refractivity contribution >= 4 is 46.7 Å². The van der Waals surface area contributed by atoms with Gasteiger partial charge in [-0.15, -0.1) is 0 Å². The van der Waals surface area contributed by atoms with Crippen LogP contribution in [-0.2, 0) is 9.59 Å². The number of carbonyl (C=O) groups excluding carboxylic acids is 3. The lowest BCUT2D eigenvalue weighted by Gasteiger charge is -2.23. The molecule has 1 aliphatic carbocycles. The number of amides is 1. The van der Waals surface area contributed by atoms with Gasteiger partial charge in [-0.1, -0.05) is 55.1 Å². The Hall–Kier alpha value is -3.37. The van der Waals surface area contributed by atoms with Gasteiger partial charge in [-0.25, -0.2) is 0 Å². The van der Waals surface area contributed by atoms with Gasteiger partial charge in [0.1, 0.15) is 17.3 Å². The molecule has 1 aliphatic rings. The number of hydrogen-bond donors (Lipinski definition) is 3. The Morgan fingerprint density at radius 1 is 0.933 bits per heavy atom. The molecule has 8 nitrogen and oxygen atoms in total. The van der Waals surface area contributed by atoms with Crippen LogP contribution in [0.4, 0.5) is 5.69 Å². The van der Waals surface area contributed by atoms with Crippen LogP contribution in [0.1, 0.15) is 61.7 Å². The molecule has 1 unspecified atom stereocenters. The molecular weight excluding hydrogens is 614 g/mol. The number of unbranched alkanes of at least 4 members (excludes halogenated alkanes) is 3. The Labute approximate surface area is 273 Å². The van der Waals surface area contributed by atoms with Crippen molar-refractivity contribution in [2.45, 2.75) is 62.9 Å². The van der Waals surface area contributed by atoms with Gasteiger partial charge in [-0.3, -0.25) is 14.4 Å². The van der Waals surface area contributed by atoms with Gasteiger partial charge in [0.2, 0.25) is 0 Å². The van der Waals surface area contributed by atoms with Crippen LogP contribution in [0.2, 0.25) is 5.02 Å². The summed E-state index contributed by atoms with van der Waals surface area (Å²) in [6, 6.07) is 22.6. The van der Waals surface area contributed by atoms with Crippen LogP contribution in [0, 0.1) is 11.8 Å². The number of benzene rings is 3. The van der Waals surface area contributed by atoms with Crippen molar-refractivity contribution in [3.63, 3.8) is 0 Å². The van der Waals surface area contributed by atoms with Crippen molar-refractivity contribution < 1.29 is 34.1 Å². The van der Waals surface area contributed by atoms with Crippen molar-refractivity contribution in [2.24, 2.45) is 11.8 Å². The van der Waals surface area contributed by atoms with E-state index < -0.39 is 12.2 Å². The number of ketones is 1. The molecule has 3 aromatic carbocycles. The summed E-state index contributed by atoms with van der Waals surface area (Å²) in [6.45, 7) is 0.136. The molecule has 0 aliphatic heterocycles. The zero-order chi connectivity index (χ0) is 32.0. The van der Waals surface area contributed by atoms with Crippen molar-refractivity contribution in [1.29, 1.82) is 0 Å². The number of aliphatic hydroxyl groups is 2. The van der Waals surface area contributed by atoms with E-state index in [1.807, 2.05) is 6.07 Å². The van der Waals surface area contributed by atoms with Crippen molar-refractivity contribution in [2.75, 3.05) is 17.7 Å². The highest BCUT2D eigenvalue weighted by Crippen LogP contribution is 2.37. The smallest absolute Gasteiger partial charge is 0.311 e. The molecule has 240 valence electrons. The maximum Gasteiger partial charge on any atom is 0.311 e. The van der Waals surface area contributed by atoms with Crippen LogP contribution >= 0.6 is 23.4 Å². The Balaban J connectivity index is 1.10. The van der Waals surface area contributed by atoms with Crippen molar-refractivity contribution in [3.05, 3.63) is 89.4 Å². The van der Waals surface area contributed by atoms with Gasteiger partial charge >= 0.3 is 5.97 Å². The number of nitrogens with one attached hydrogen (secondary N) is 1. The standard InChI is InChI=1S/C35H40ClNO7S/c36-26-11-8-12-29(21-26)43-22-25(35(41)42)23-45-32-20-19-31(38)30(32)13-6-1-2-7-14-33(39)44-28-17-15-27(16-18-28)37-34(40)24-9-4-3-5-10-24/h3-5,8-12,15-18,21,25,30,32,35,41-42H,1-2,6-7,13-14,19-20,22-23H2,(H,37,40)/t25?,30-,32-/m0/s1. The minimum Gasteiger partial charge on any atom is -0.493 e. The fourth-order valence-electron chi connectivity index (χ4n) is 5.22. The molecule has 0 aromatic heterocycles. The largest absolute Gasteiger partial charge is 0.493 e. The van der Waals surface area contributed by atoms with E-state index in [-0.39, 0.29) is 35.4 Å². The third-order valence-corrected chi connectivity index (χ3v) is 9.62. The molecule has 10 heteroatoms. The summed E-state index contributed by atoms with van der Waals surface area (Å²) >= 11 is 7.62. The van der Waals surface area contributed by atoms with Crippen LogP contribution in [0.25, 0.3) is 0 Å². The second-order valence-corrected chi connectivity index (χ2v) is 12.9. The van der Waals surface area contributed by atoms with Crippen LogP contribution in [0.5, 0.6) is 11.5 Å². The number of esters is 1. The second-order valence-electron chi connectivity index (χ2n) is 11.2. The number of hydrogen-bond acceptors (Lipinski definition) is 8. The number of thioether (sulfide) groups is 1. The highest BCUT2D eigenvalue weighted by molar-refractivity contribution is 7.99. The molecule has 3 atom stereocenters. The topological polar surface area (TPSA) is 122 Å². The third-order valence-electron chi connectivity index (χ3n) is 7.77. The predicted molar refractivity (Wildman–Crippen MR) is 177 cm³/mol. The molecule has 45 heavy (non-hydrogen) atoms. The van der Waals surface area contributed by atoms with Gasteiger partial charge in [0.25, 0.3) is 5.91 Å². The zero-order valence-corrected chi connectivity index (χ0v) is 26.7. The number of aliphatic hydroxyl groups excluding tert-OH is 1. The Kier molecular flexibility index (Phi) is 13.8. The normalized spacial score (nSPS) is 16.8. The molecule has 3 N–H and O–H groups in total. The second kappa shape index (κ2) is 17.9. The molecule has 0 spiro atoms. The maximum atomic E-state index is 12.6. The van der Waals surface area contributed by atoms with Gasteiger partial charge in [0.15, 0.2) is 6.29 Å². The first-order valence-corrected chi connectivity index (χ1v) is 16.8. The van der Waals surface area contributed by atoms with E-state index in [0.717, 1.165) is 32.1 Å². The summed E-state index contributed by atoms with van der Waals surface area (Å²) in [6.07, 6.45) is 4.28. The first-order chi connectivity index (χ1) is 21.8. The number of halogens is 1. The SMILES string of the molecule is O=C(CCCCCC[C@H]1C(=O)CC[C@@H]1SCC(COc1cccc(Cl)c1)C(O)O)Oc1ccc(NC(=O)c2ccccc2)cc1. The first-order valence-electron chi connectivity index (χ1n) is 15.3. The number of anilines is 1. The highest BCUT2D eigenvalue weighted by atomic mass is 35.5. The van der Waals surface area contributed by atoms with E-state index in [1.54, 1.807) is 84.6 Å². The molecule has 3 aromatic rings. The average Bonchev–Trinajstić information content (AvgIpc) is 3.38. The quantitative estimate of drug-likeness (QED) is 0.0621. The van der Waals surface area contributed by atoms with E-state index in [1.165, 1.54) is 0 Å². The number of ether oxygens (including phenoxy) is 2. The number of carbonyl (C=O) groups is 3. The molecular formula is C35H40ClNO7S. The summed E-state index contributed by atoms with van der Waals surface area (Å²) in [4.78, 5) is 37.2. The van der Waals surface area contributed by atoms with Crippen LogP contribution in [0.15, 0.2) is 78.9 Å². The summed E-state index contributed by atoms with van der Waals surface area (Å²) in [5.74, 6) is 0.692. The van der Waals surface area contributed by atoms with E-state index in [9.17, 15) is 24.6 Å². The lowest BCUT2D eigenvalue weighted by Crippen LogP contribution is -2.29. The number of rotatable bonds is 17. The molecule has 4 rings (SSSR count). The predicted octanol–water partition coefficient (Wildman–Crippen LogP) is 6.93. The Bertz CT molecular complexity index is 1390. The fraction of sp³-hybridized carbons (Fsp3) is 0.400. The van der Waals surface area contributed by atoms with Gasteiger partial charge in [0, 0.05) is 46.0 Å². The minimum atomic E-state index is -1.52. The lowest BCUT2D eigenvalue weighted by atomic mass is 9.98. The summed E-state index contributed by atoms with van der Waals surface area (Å²) in [5, 5.41) is 23.3. The molecule has 1 amide bonds. The lowest BCUT2D eigenvalue weighted by molar-refractivity contribution is -0.134. The monoisotopic (exact) mass is 653 g/mol. The summed E-state index contributed by atoms with van der Waals surface area (Å²) in [7, 11) is 0. The average molecular weight is 654 g/mol. The number of Topliss-reactive ketones (excluding diaryl/α,β-unsaturated/α-hetero) is 1. The van der Waals surface area contributed by atoms with Gasteiger partial charge in [-0.2, -0.15) is 11.8 Å². The third kappa shape index (κ3) is 11.5. The van der Waals surface area contributed by atoms with E-state index in [4.69, 9.17) is 21.1 Å². The first kappa shape index (κ1) is 34.5. The van der Waals surface area contributed by atoms with Gasteiger partial charge in [0.05, 0.1) is 12.5 Å². The molecule has 1 fully saturated rings. The van der Waals surface area contributed by atoms with Crippen LogP contribution < -0.4 is 14.8 Å². The van der Waals surface area contributed by atoms with Gasteiger partial charge < -0.3 is 25.0 Å². The minimum absolute atomic E-state index is 0.0363. The van der Waals surface area contributed by atoms with Crippen molar-refractivity contribution in [1.82, 2.24) is 0 Å². The Morgan fingerprint density at radius 3 is 2.42 bits per heavy atom.